The summed E-state index contributed by atoms with van der Waals surface area (Å²) in [6.07, 6.45) is 1.59. The van der Waals surface area contributed by atoms with Crippen molar-refractivity contribution in [2.24, 2.45) is 0 Å². The number of ketones is 1. The smallest absolute Gasteiger partial charge is 0.331 e. The average Bonchev–Trinajstić information content (AvgIpc) is 2.39. The molecule has 0 bridgehead atoms. The van der Waals surface area contributed by atoms with Crippen molar-refractivity contribution in [1.29, 1.82) is 0 Å². The number of hydrogen-bond donors (Lipinski definition) is 0. The van der Waals surface area contributed by atoms with Crippen LogP contribution in [0.1, 0.15) is 17.3 Å². The lowest BCUT2D eigenvalue weighted by Gasteiger charge is -1.89. The van der Waals surface area contributed by atoms with Gasteiger partial charge in [0.2, 0.25) is 0 Å². The van der Waals surface area contributed by atoms with Crippen molar-refractivity contribution in [2.75, 3.05) is 0 Å². The zero-order valence-corrected chi connectivity index (χ0v) is 6.98. The standard InChI is InChI=1S/C9H7NO3/c1-6(11)8-7-4-2-3-5-10(7)13-9(8)12/h2-5H,1H3. The third-order valence-electron chi connectivity index (χ3n) is 1.82. The van der Waals surface area contributed by atoms with E-state index in [0.717, 1.165) is 0 Å². The second-order valence-corrected chi connectivity index (χ2v) is 2.72. The van der Waals surface area contributed by atoms with Crippen LogP contribution in [0.25, 0.3) is 5.52 Å². The Morgan fingerprint density at radius 1 is 1.46 bits per heavy atom. The molecule has 4 nitrogen and oxygen atoms in total. The first-order valence-electron chi connectivity index (χ1n) is 3.82. The number of Topliss-reactive ketones (excluding diaryl/α,β-unsaturated/α-hetero) is 1. The maximum atomic E-state index is 11.2. The summed E-state index contributed by atoms with van der Waals surface area (Å²) in [5, 5.41) is 0. The molecule has 0 aliphatic rings. The van der Waals surface area contributed by atoms with Gasteiger partial charge < -0.3 is 4.52 Å². The molecule has 0 unspecified atom stereocenters. The second-order valence-electron chi connectivity index (χ2n) is 2.72. The molecule has 0 spiro atoms. The summed E-state index contributed by atoms with van der Waals surface area (Å²) in [7, 11) is 0. The summed E-state index contributed by atoms with van der Waals surface area (Å²) in [5.74, 6) is -0.276. The van der Waals surface area contributed by atoms with E-state index in [2.05, 4.69) is 0 Å². The third kappa shape index (κ3) is 1.07. The SMILES string of the molecule is CC(=O)c1c(=O)on2ccccc12. The largest absolute Gasteiger partial charge is 0.369 e. The molecule has 2 heterocycles. The molecule has 0 aromatic carbocycles. The molecule has 0 fully saturated rings. The van der Waals surface area contributed by atoms with E-state index in [1.807, 2.05) is 0 Å². The molecular formula is C9H7NO3. The normalized spacial score (nSPS) is 10.5. The lowest BCUT2D eigenvalue weighted by Crippen LogP contribution is -2.05. The average molecular weight is 177 g/mol. The van der Waals surface area contributed by atoms with Gasteiger partial charge in [-0.1, -0.05) is 6.07 Å². The van der Waals surface area contributed by atoms with Gasteiger partial charge in [0, 0.05) is 6.20 Å². The highest BCUT2D eigenvalue weighted by molar-refractivity contribution is 6.00. The van der Waals surface area contributed by atoms with Crippen molar-refractivity contribution in [3.05, 3.63) is 40.4 Å². The van der Waals surface area contributed by atoms with Crippen LogP contribution in [0.3, 0.4) is 0 Å². The molecular weight excluding hydrogens is 170 g/mol. The lowest BCUT2D eigenvalue weighted by molar-refractivity contribution is 0.101. The highest BCUT2D eigenvalue weighted by atomic mass is 16.5. The summed E-state index contributed by atoms with van der Waals surface area (Å²) >= 11 is 0. The minimum Gasteiger partial charge on any atom is -0.331 e. The van der Waals surface area contributed by atoms with E-state index < -0.39 is 5.63 Å². The van der Waals surface area contributed by atoms with Crippen molar-refractivity contribution in [1.82, 2.24) is 4.57 Å². The van der Waals surface area contributed by atoms with E-state index in [4.69, 9.17) is 4.52 Å². The summed E-state index contributed by atoms with van der Waals surface area (Å²) in [6, 6.07) is 5.14. The van der Waals surface area contributed by atoms with Gasteiger partial charge in [-0.2, -0.15) is 4.57 Å². The van der Waals surface area contributed by atoms with Gasteiger partial charge >= 0.3 is 5.63 Å². The number of carbonyl (C=O) groups is 1. The monoisotopic (exact) mass is 177 g/mol. The molecule has 66 valence electrons. The Morgan fingerprint density at radius 2 is 2.23 bits per heavy atom. The Hall–Kier alpha value is -1.84. The first-order valence-corrected chi connectivity index (χ1v) is 3.82. The number of pyridine rings is 1. The van der Waals surface area contributed by atoms with Crippen LogP contribution in [-0.4, -0.2) is 10.4 Å². The van der Waals surface area contributed by atoms with Crippen LogP contribution < -0.4 is 5.63 Å². The molecule has 0 aliphatic heterocycles. The van der Waals surface area contributed by atoms with Crippen molar-refractivity contribution in [2.45, 2.75) is 6.92 Å². The minimum absolute atomic E-state index is 0.112. The van der Waals surface area contributed by atoms with Gasteiger partial charge in [-0.3, -0.25) is 4.79 Å². The molecule has 2 aromatic rings. The second kappa shape index (κ2) is 2.58. The predicted octanol–water partition coefficient (Wildman–Crippen LogP) is 1.10. The van der Waals surface area contributed by atoms with Gasteiger partial charge in [0.1, 0.15) is 5.56 Å². The van der Waals surface area contributed by atoms with Crippen molar-refractivity contribution < 1.29 is 9.32 Å². The first-order chi connectivity index (χ1) is 6.20. The fourth-order valence-corrected chi connectivity index (χ4v) is 1.27. The zero-order valence-electron chi connectivity index (χ0n) is 6.98. The molecule has 0 N–H and O–H groups in total. The van der Waals surface area contributed by atoms with E-state index in [0.29, 0.717) is 5.52 Å². The molecule has 0 aliphatic carbocycles. The molecule has 0 amide bonds. The minimum atomic E-state index is -0.585. The maximum absolute atomic E-state index is 11.2. The van der Waals surface area contributed by atoms with Crippen molar-refractivity contribution in [3.63, 3.8) is 0 Å². The number of aromatic nitrogens is 1. The highest BCUT2D eigenvalue weighted by Gasteiger charge is 2.14. The van der Waals surface area contributed by atoms with Gasteiger partial charge in [-0.25, -0.2) is 4.79 Å². The van der Waals surface area contributed by atoms with Gasteiger partial charge in [0.15, 0.2) is 5.78 Å². The number of fused-ring (bicyclic) bond motifs is 1. The van der Waals surface area contributed by atoms with Crippen LogP contribution in [-0.2, 0) is 0 Å². The molecule has 4 heteroatoms. The Balaban J connectivity index is 2.95. The molecule has 0 radical (unpaired) electrons. The molecule has 0 saturated carbocycles. The van der Waals surface area contributed by atoms with E-state index in [9.17, 15) is 9.59 Å². The van der Waals surface area contributed by atoms with Gasteiger partial charge in [-0.05, 0) is 19.1 Å². The fourth-order valence-electron chi connectivity index (χ4n) is 1.27. The van der Waals surface area contributed by atoms with Gasteiger partial charge in [0.25, 0.3) is 0 Å². The van der Waals surface area contributed by atoms with Gasteiger partial charge in [-0.15, -0.1) is 0 Å². The topological polar surface area (TPSA) is 51.7 Å². The van der Waals surface area contributed by atoms with Crippen LogP contribution in [0.5, 0.6) is 0 Å². The summed E-state index contributed by atoms with van der Waals surface area (Å²) in [5.41, 5.74) is 0.0410. The Bertz CT molecular complexity index is 521. The van der Waals surface area contributed by atoms with Crippen LogP contribution >= 0.6 is 0 Å². The van der Waals surface area contributed by atoms with E-state index in [1.54, 1.807) is 24.4 Å². The molecule has 0 atom stereocenters. The third-order valence-corrected chi connectivity index (χ3v) is 1.82. The number of carbonyl (C=O) groups excluding carboxylic acids is 1. The zero-order chi connectivity index (χ0) is 9.42. The Morgan fingerprint density at radius 3 is 2.92 bits per heavy atom. The predicted molar refractivity (Wildman–Crippen MR) is 45.9 cm³/mol. The first kappa shape index (κ1) is 7.79. The lowest BCUT2D eigenvalue weighted by atomic mass is 10.2. The molecule has 0 saturated heterocycles. The number of rotatable bonds is 1. The van der Waals surface area contributed by atoms with Gasteiger partial charge in [0.05, 0.1) is 5.52 Å². The van der Waals surface area contributed by atoms with Crippen molar-refractivity contribution >= 4 is 11.3 Å². The Labute approximate surface area is 73.4 Å². The van der Waals surface area contributed by atoms with Crippen LogP contribution in [0.2, 0.25) is 0 Å². The van der Waals surface area contributed by atoms with E-state index >= 15 is 0 Å². The van der Waals surface area contributed by atoms with Crippen LogP contribution in [0.15, 0.2) is 33.7 Å². The molecule has 2 aromatic heterocycles. The van der Waals surface area contributed by atoms with E-state index in [-0.39, 0.29) is 11.3 Å². The fraction of sp³-hybridized carbons (Fsp3) is 0.111. The molecule has 2 rings (SSSR count). The summed E-state index contributed by atoms with van der Waals surface area (Å²) in [6.45, 7) is 1.35. The maximum Gasteiger partial charge on any atom is 0.369 e. The van der Waals surface area contributed by atoms with Crippen LogP contribution in [0.4, 0.5) is 0 Å². The highest BCUT2D eigenvalue weighted by Crippen LogP contribution is 2.07. The van der Waals surface area contributed by atoms with Crippen molar-refractivity contribution in [3.8, 4) is 0 Å². The van der Waals surface area contributed by atoms with Crippen LogP contribution in [0, 0.1) is 0 Å². The summed E-state index contributed by atoms with van der Waals surface area (Å²) in [4.78, 5) is 22.2. The van der Waals surface area contributed by atoms with E-state index in [1.165, 1.54) is 11.5 Å². The summed E-state index contributed by atoms with van der Waals surface area (Å²) < 4.78 is 6.09. The number of nitrogens with zero attached hydrogens (tertiary/aromatic N) is 1. The Kier molecular flexibility index (Phi) is 1.55. The number of hydrogen-bond acceptors (Lipinski definition) is 3. The molecule has 13 heavy (non-hydrogen) atoms. The quantitative estimate of drug-likeness (QED) is 0.613.